The average molecular weight is 454 g/mol. The largest absolute Gasteiger partial charge is 0.506 e. The molecular formula is C24H27N3O4S. The van der Waals surface area contributed by atoms with Crippen molar-refractivity contribution in [3.05, 3.63) is 59.2 Å². The summed E-state index contributed by atoms with van der Waals surface area (Å²) in [6.07, 6.45) is 0. The first-order chi connectivity index (χ1) is 15.5. The molecule has 1 fully saturated rings. The molecule has 32 heavy (non-hydrogen) atoms. The Hall–Kier alpha value is -2.94. The van der Waals surface area contributed by atoms with Gasteiger partial charge in [-0.1, -0.05) is 30.3 Å². The first-order valence-electron chi connectivity index (χ1n) is 10.7. The maximum Gasteiger partial charge on any atom is 0.341 e. The number of nitrogens with zero attached hydrogens (tertiary/aromatic N) is 2. The van der Waals surface area contributed by atoms with Crippen LogP contribution in [0.25, 0.3) is 10.1 Å². The molecule has 0 saturated carbocycles. The summed E-state index contributed by atoms with van der Waals surface area (Å²) in [4.78, 5) is 30.1. The van der Waals surface area contributed by atoms with Gasteiger partial charge in [0, 0.05) is 49.2 Å². The van der Waals surface area contributed by atoms with Gasteiger partial charge in [-0.05, 0) is 26.1 Å². The third-order valence-electron chi connectivity index (χ3n) is 5.65. The summed E-state index contributed by atoms with van der Waals surface area (Å²) in [6.45, 7) is 6.44. The van der Waals surface area contributed by atoms with Gasteiger partial charge in [0.15, 0.2) is 0 Å². The van der Waals surface area contributed by atoms with Crippen LogP contribution in [0.15, 0.2) is 42.5 Å². The van der Waals surface area contributed by atoms with Crippen molar-refractivity contribution in [3.63, 3.8) is 0 Å². The Bertz CT molecular complexity index is 1120. The van der Waals surface area contributed by atoms with Crippen LogP contribution in [0.3, 0.4) is 0 Å². The number of carbonyl (C=O) groups is 2. The number of fused-ring (bicyclic) bond motifs is 1. The Morgan fingerprint density at radius 3 is 2.50 bits per heavy atom. The Labute approximate surface area is 191 Å². The number of esters is 1. The van der Waals surface area contributed by atoms with Gasteiger partial charge in [0.05, 0.1) is 11.3 Å². The molecule has 1 saturated heterocycles. The third-order valence-corrected chi connectivity index (χ3v) is 6.78. The zero-order valence-electron chi connectivity index (χ0n) is 18.3. The molecule has 0 unspecified atom stereocenters. The second kappa shape index (κ2) is 9.68. The molecule has 7 nitrogen and oxygen atoms in total. The van der Waals surface area contributed by atoms with E-state index < -0.39 is 5.97 Å². The van der Waals surface area contributed by atoms with Crippen molar-refractivity contribution >= 4 is 38.3 Å². The highest BCUT2D eigenvalue weighted by atomic mass is 32.1. The molecule has 2 aromatic carbocycles. The summed E-state index contributed by atoms with van der Waals surface area (Å²) in [6, 6.07) is 12.5. The lowest BCUT2D eigenvalue weighted by Crippen LogP contribution is -2.43. The summed E-state index contributed by atoms with van der Waals surface area (Å²) in [7, 11) is 2.11. The highest BCUT2D eigenvalue weighted by molar-refractivity contribution is 7.24. The van der Waals surface area contributed by atoms with Crippen LogP contribution in [0.4, 0.5) is 5.00 Å². The monoisotopic (exact) mass is 453 g/mol. The van der Waals surface area contributed by atoms with E-state index >= 15 is 0 Å². The standard InChI is InChI=1S/C24H27N3O4S/c1-3-31-24(30)19-18-10-9-17(15-27-13-11-26(2)12-14-27)20(28)21(18)32-23(19)25-22(29)16-7-5-4-6-8-16/h4-10,28H,3,11-15H2,1-2H3,(H,25,29). The van der Waals surface area contributed by atoms with Gasteiger partial charge in [0.1, 0.15) is 16.3 Å². The lowest BCUT2D eigenvalue weighted by Gasteiger charge is -2.32. The van der Waals surface area contributed by atoms with Crippen LogP contribution in [-0.2, 0) is 11.3 Å². The third kappa shape index (κ3) is 4.62. The Kier molecular flexibility index (Phi) is 6.74. The predicted octanol–water partition coefficient (Wildman–Crippen LogP) is 3.78. The molecule has 2 heterocycles. The summed E-state index contributed by atoms with van der Waals surface area (Å²) >= 11 is 1.19. The number of phenolic OH excluding ortho intramolecular Hbond substituents is 1. The predicted molar refractivity (Wildman–Crippen MR) is 127 cm³/mol. The SMILES string of the molecule is CCOC(=O)c1c(NC(=O)c2ccccc2)sc2c(O)c(CN3CCN(C)CC3)ccc12. The molecule has 0 spiro atoms. The molecule has 0 radical (unpaired) electrons. The van der Waals surface area contributed by atoms with Crippen molar-refractivity contribution in [2.75, 3.05) is 45.2 Å². The molecule has 168 valence electrons. The average Bonchev–Trinajstić information content (AvgIpc) is 3.16. The van der Waals surface area contributed by atoms with E-state index in [0.29, 0.717) is 27.2 Å². The number of hydrogen-bond donors (Lipinski definition) is 2. The quantitative estimate of drug-likeness (QED) is 0.553. The fourth-order valence-corrected chi connectivity index (χ4v) is 4.97. The number of carbonyl (C=O) groups excluding carboxylic acids is 2. The molecule has 2 N–H and O–H groups in total. The van der Waals surface area contributed by atoms with E-state index in [1.165, 1.54) is 11.3 Å². The molecule has 0 bridgehead atoms. The molecule has 1 aliphatic rings. The fourth-order valence-electron chi connectivity index (χ4n) is 3.82. The molecular weight excluding hydrogens is 426 g/mol. The maximum atomic E-state index is 12.7. The van der Waals surface area contributed by atoms with Crippen molar-refractivity contribution in [2.24, 2.45) is 0 Å². The van der Waals surface area contributed by atoms with Crippen LogP contribution in [0.1, 0.15) is 33.2 Å². The number of anilines is 1. The number of phenols is 1. The minimum absolute atomic E-state index is 0.150. The van der Waals surface area contributed by atoms with E-state index in [1.807, 2.05) is 18.2 Å². The second-order valence-corrected chi connectivity index (χ2v) is 8.90. The smallest absolute Gasteiger partial charge is 0.341 e. The van der Waals surface area contributed by atoms with Gasteiger partial charge in [0.2, 0.25) is 0 Å². The highest BCUT2D eigenvalue weighted by Crippen LogP contribution is 2.43. The fraction of sp³-hybridized carbons (Fsp3) is 0.333. The normalized spacial score (nSPS) is 15.1. The molecule has 0 aliphatic carbocycles. The van der Waals surface area contributed by atoms with E-state index in [4.69, 9.17) is 4.74 Å². The lowest BCUT2D eigenvalue weighted by atomic mass is 10.1. The number of thiophene rings is 1. The number of hydrogen-bond acceptors (Lipinski definition) is 7. The van der Waals surface area contributed by atoms with E-state index in [-0.39, 0.29) is 23.8 Å². The zero-order chi connectivity index (χ0) is 22.7. The van der Waals surface area contributed by atoms with Gasteiger partial charge < -0.3 is 20.1 Å². The maximum absolute atomic E-state index is 12.7. The summed E-state index contributed by atoms with van der Waals surface area (Å²) in [5.41, 5.74) is 1.57. The van der Waals surface area contributed by atoms with Crippen LogP contribution >= 0.6 is 11.3 Å². The molecule has 1 aliphatic heterocycles. The Morgan fingerprint density at radius 1 is 1.09 bits per heavy atom. The van der Waals surface area contributed by atoms with Crippen molar-refractivity contribution in [1.82, 2.24) is 9.80 Å². The highest BCUT2D eigenvalue weighted by Gasteiger charge is 2.25. The summed E-state index contributed by atoms with van der Waals surface area (Å²) < 4.78 is 5.82. The van der Waals surface area contributed by atoms with Crippen molar-refractivity contribution < 1.29 is 19.4 Å². The van der Waals surface area contributed by atoms with E-state index in [1.54, 1.807) is 31.2 Å². The van der Waals surface area contributed by atoms with Crippen molar-refractivity contribution in [3.8, 4) is 5.75 Å². The van der Waals surface area contributed by atoms with E-state index in [9.17, 15) is 14.7 Å². The number of amides is 1. The summed E-state index contributed by atoms with van der Waals surface area (Å²) in [5, 5.41) is 14.8. The topological polar surface area (TPSA) is 82.1 Å². The van der Waals surface area contributed by atoms with E-state index in [2.05, 4.69) is 22.2 Å². The van der Waals surface area contributed by atoms with Crippen LogP contribution in [0.5, 0.6) is 5.75 Å². The molecule has 1 amide bonds. The van der Waals surface area contributed by atoms with Gasteiger partial charge in [-0.2, -0.15) is 0 Å². The molecule has 4 rings (SSSR count). The number of rotatable bonds is 6. The molecule has 3 aromatic rings. The van der Waals surface area contributed by atoms with Gasteiger partial charge in [0.25, 0.3) is 5.91 Å². The molecule has 0 atom stereocenters. The first kappa shape index (κ1) is 22.3. The second-order valence-electron chi connectivity index (χ2n) is 7.88. The van der Waals surface area contributed by atoms with Crippen LogP contribution < -0.4 is 5.32 Å². The lowest BCUT2D eigenvalue weighted by molar-refractivity contribution is 0.0530. The number of nitrogens with one attached hydrogen (secondary N) is 1. The van der Waals surface area contributed by atoms with Gasteiger partial charge in [-0.15, -0.1) is 11.3 Å². The zero-order valence-corrected chi connectivity index (χ0v) is 19.1. The summed E-state index contributed by atoms with van der Waals surface area (Å²) in [5.74, 6) is -0.689. The van der Waals surface area contributed by atoms with Gasteiger partial charge in [-0.3, -0.25) is 9.69 Å². The number of ether oxygens (including phenoxy) is 1. The van der Waals surface area contributed by atoms with E-state index in [0.717, 1.165) is 31.7 Å². The van der Waals surface area contributed by atoms with Crippen LogP contribution in [-0.4, -0.2) is 66.6 Å². The number of piperazine rings is 1. The van der Waals surface area contributed by atoms with Gasteiger partial charge in [-0.25, -0.2) is 4.79 Å². The van der Waals surface area contributed by atoms with Crippen molar-refractivity contribution in [1.29, 1.82) is 0 Å². The minimum atomic E-state index is -0.520. The number of likely N-dealkylation sites (N-methyl/N-ethyl adjacent to an activating group) is 1. The number of aromatic hydroxyl groups is 1. The molecule has 8 heteroatoms. The van der Waals surface area contributed by atoms with Crippen LogP contribution in [0.2, 0.25) is 0 Å². The first-order valence-corrected chi connectivity index (χ1v) is 11.5. The number of benzene rings is 2. The minimum Gasteiger partial charge on any atom is -0.506 e. The van der Waals surface area contributed by atoms with Crippen molar-refractivity contribution in [2.45, 2.75) is 13.5 Å². The Balaban J connectivity index is 1.69. The Morgan fingerprint density at radius 2 is 1.81 bits per heavy atom. The van der Waals surface area contributed by atoms with Gasteiger partial charge >= 0.3 is 5.97 Å². The van der Waals surface area contributed by atoms with Crippen LogP contribution in [0, 0.1) is 0 Å². The molecule has 1 aromatic heterocycles.